The minimum Gasteiger partial charge on any atom is -0.393 e. The van der Waals surface area contributed by atoms with Gasteiger partial charge in [-0.1, -0.05) is 6.92 Å². The van der Waals surface area contributed by atoms with Crippen molar-refractivity contribution < 1.29 is 9.50 Å². The van der Waals surface area contributed by atoms with Crippen LogP contribution in [0.1, 0.15) is 31.9 Å². The first kappa shape index (κ1) is 12.8. The number of hydrogen-bond donors (Lipinski definition) is 1. The SMILES string of the molecule is CCc1ncnc(N2C[C@H]3C[C@@H](O)CC[C@H]3C2)c1F. The molecule has 1 aromatic heterocycles. The molecule has 0 unspecified atom stereocenters. The van der Waals surface area contributed by atoms with Gasteiger partial charge < -0.3 is 10.0 Å². The van der Waals surface area contributed by atoms with E-state index >= 15 is 0 Å². The summed E-state index contributed by atoms with van der Waals surface area (Å²) in [5.41, 5.74) is 0.486. The second-order valence-electron chi connectivity index (χ2n) is 5.70. The first-order valence-electron chi connectivity index (χ1n) is 7.11. The number of aliphatic hydroxyl groups excluding tert-OH is 1. The van der Waals surface area contributed by atoms with Gasteiger partial charge in [0, 0.05) is 13.1 Å². The van der Waals surface area contributed by atoms with Crippen LogP contribution in [0.2, 0.25) is 0 Å². The van der Waals surface area contributed by atoms with Crippen molar-refractivity contribution in [2.24, 2.45) is 11.8 Å². The zero-order valence-electron chi connectivity index (χ0n) is 11.2. The van der Waals surface area contributed by atoms with Crippen LogP contribution >= 0.6 is 0 Å². The van der Waals surface area contributed by atoms with Gasteiger partial charge in [0.1, 0.15) is 6.33 Å². The smallest absolute Gasteiger partial charge is 0.187 e. The molecule has 104 valence electrons. The molecule has 1 aromatic rings. The quantitative estimate of drug-likeness (QED) is 0.885. The van der Waals surface area contributed by atoms with E-state index in [1.54, 1.807) is 0 Å². The van der Waals surface area contributed by atoms with Crippen LogP contribution in [0.4, 0.5) is 10.2 Å². The minimum absolute atomic E-state index is 0.178. The van der Waals surface area contributed by atoms with Gasteiger partial charge in [0.25, 0.3) is 0 Å². The highest BCUT2D eigenvalue weighted by Gasteiger charge is 2.38. The van der Waals surface area contributed by atoms with E-state index in [-0.39, 0.29) is 11.9 Å². The Balaban J connectivity index is 1.81. The van der Waals surface area contributed by atoms with Gasteiger partial charge in [-0.05, 0) is 37.5 Å². The normalized spacial score (nSPS) is 30.5. The number of hydrogen-bond acceptors (Lipinski definition) is 4. The van der Waals surface area contributed by atoms with Crippen LogP contribution in [0.5, 0.6) is 0 Å². The van der Waals surface area contributed by atoms with E-state index in [1.165, 1.54) is 6.33 Å². The Bertz CT molecular complexity index is 468. The number of halogens is 1. The Morgan fingerprint density at radius 2 is 2.11 bits per heavy atom. The van der Waals surface area contributed by atoms with Crippen molar-refractivity contribution in [1.82, 2.24) is 9.97 Å². The van der Waals surface area contributed by atoms with Gasteiger partial charge in [-0.15, -0.1) is 0 Å². The van der Waals surface area contributed by atoms with Gasteiger partial charge in [0.05, 0.1) is 11.8 Å². The van der Waals surface area contributed by atoms with Crippen LogP contribution in [0, 0.1) is 17.7 Å². The number of anilines is 1. The molecule has 3 atom stereocenters. The van der Waals surface area contributed by atoms with Gasteiger partial charge in [0.2, 0.25) is 0 Å². The number of rotatable bonds is 2. The molecule has 2 aliphatic rings. The van der Waals surface area contributed by atoms with E-state index in [4.69, 9.17) is 0 Å². The maximum Gasteiger partial charge on any atom is 0.187 e. The number of aliphatic hydroxyl groups is 1. The van der Waals surface area contributed by atoms with Crippen LogP contribution in [-0.4, -0.2) is 34.3 Å². The predicted molar refractivity (Wildman–Crippen MR) is 70.4 cm³/mol. The molecule has 2 fully saturated rings. The average molecular weight is 265 g/mol. The number of nitrogens with zero attached hydrogens (tertiary/aromatic N) is 3. The highest BCUT2D eigenvalue weighted by Crippen LogP contribution is 2.38. The van der Waals surface area contributed by atoms with Crippen molar-refractivity contribution in [3.8, 4) is 0 Å². The fraction of sp³-hybridized carbons (Fsp3) is 0.714. The molecule has 3 rings (SSSR count). The highest BCUT2D eigenvalue weighted by molar-refractivity contribution is 5.42. The lowest BCUT2D eigenvalue weighted by molar-refractivity contribution is 0.0867. The molecule has 4 nitrogen and oxygen atoms in total. The fourth-order valence-corrected chi connectivity index (χ4v) is 3.44. The van der Waals surface area contributed by atoms with Crippen molar-refractivity contribution in [1.29, 1.82) is 0 Å². The largest absolute Gasteiger partial charge is 0.393 e. The topological polar surface area (TPSA) is 49.2 Å². The Morgan fingerprint density at radius 3 is 2.89 bits per heavy atom. The molecule has 2 heterocycles. The fourth-order valence-electron chi connectivity index (χ4n) is 3.44. The summed E-state index contributed by atoms with van der Waals surface area (Å²) < 4.78 is 14.3. The molecular weight excluding hydrogens is 245 g/mol. The molecule has 19 heavy (non-hydrogen) atoms. The van der Waals surface area contributed by atoms with Crippen LogP contribution in [-0.2, 0) is 6.42 Å². The third-order valence-electron chi connectivity index (χ3n) is 4.50. The van der Waals surface area contributed by atoms with Crippen molar-refractivity contribution in [3.05, 3.63) is 17.8 Å². The maximum absolute atomic E-state index is 14.3. The second kappa shape index (κ2) is 5.04. The lowest BCUT2D eigenvalue weighted by Gasteiger charge is -2.27. The van der Waals surface area contributed by atoms with E-state index in [0.29, 0.717) is 29.8 Å². The van der Waals surface area contributed by atoms with Crippen molar-refractivity contribution in [2.45, 2.75) is 38.7 Å². The molecule has 1 N–H and O–H groups in total. The Hall–Kier alpha value is -1.23. The van der Waals surface area contributed by atoms with E-state index in [0.717, 1.165) is 32.4 Å². The molecule has 1 saturated carbocycles. The lowest BCUT2D eigenvalue weighted by atomic mass is 9.80. The maximum atomic E-state index is 14.3. The minimum atomic E-state index is -0.274. The molecule has 5 heteroatoms. The summed E-state index contributed by atoms with van der Waals surface area (Å²) >= 11 is 0. The Kier molecular flexibility index (Phi) is 3.39. The Morgan fingerprint density at radius 1 is 1.32 bits per heavy atom. The summed E-state index contributed by atoms with van der Waals surface area (Å²) in [5, 5.41) is 9.73. The van der Waals surface area contributed by atoms with Gasteiger partial charge in [0.15, 0.2) is 11.6 Å². The molecule has 0 amide bonds. The molecule has 0 spiro atoms. The summed E-state index contributed by atoms with van der Waals surface area (Å²) in [5.74, 6) is 1.21. The number of fused-ring (bicyclic) bond motifs is 1. The number of aromatic nitrogens is 2. The molecule has 1 aliphatic carbocycles. The Labute approximate surface area is 112 Å². The van der Waals surface area contributed by atoms with E-state index < -0.39 is 0 Å². The molecule has 0 radical (unpaired) electrons. The summed E-state index contributed by atoms with van der Waals surface area (Å²) in [4.78, 5) is 10.1. The molecule has 0 aromatic carbocycles. The standard InChI is InChI=1S/C14H20FN3O/c1-2-12-13(15)14(17-8-16-12)18-6-9-3-4-11(19)5-10(9)7-18/h8-11,19H,2-7H2,1H3/t9-,10+,11-/m0/s1. The van der Waals surface area contributed by atoms with Crippen LogP contribution < -0.4 is 4.90 Å². The summed E-state index contributed by atoms with van der Waals surface area (Å²) in [6, 6.07) is 0. The zero-order chi connectivity index (χ0) is 13.4. The molecule has 0 bridgehead atoms. The van der Waals surface area contributed by atoms with Crippen molar-refractivity contribution in [3.63, 3.8) is 0 Å². The van der Waals surface area contributed by atoms with Crippen LogP contribution in [0.3, 0.4) is 0 Å². The molecule has 1 saturated heterocycles. The summed E-state index contributed by atoms with van der Waals surface area (Å²) in [6.45, 7) is 3.56. The molecule has 1 aliphatic heterocycles. The third-order valence-corrected chi connectivity index (χ3v) is 4.50. The summed E-state index contributed by atoms with van der Waals surface area (Å²) in [6.07, 6.45) is 4.61. The van der Waals surface area contributed by atoms with E-state index in [1.807, 2.05) is 11.8 Å². The van der Waals surface area contributed by atoms with E-state index in [2.05, 4.69) is 9.97 Å². The van der Waals surface area contributed by atoms with Crippen LogP contribution in [0.25, 0.3) is 0 Å². The second-order valence-corrected chi connectivity index (χ2v) is 5.70. The van der Waals surface area contributed by atoms with E-state index in [9.17, 15) is 9.50 Å². The zero-order valence-corrected chi connectivity index (χ0v) is 11.2. The van der Waals surface area contributed by atoms with Gasteiger partial charge in [-0.3, -0.25) is 0 Å². The molecular formula is C14H20FN3O. The first-order chi connectivity index (χ1) is 9.19. The van der Waals surface area contributed by atoms with Gasteiger partial charge in [-0.2, -0.15) is 0 Å². The number of aryl methyl sites for hydroxylation is 1. The monoisotopic (exact) mass is 265 g/mol. The van der Waals surface area contributed by atoms with Gasteiger partial charge >= 0.3 is 0 Å². The average Bonchev–Trinajstić information content (AvgIpc) is 2.81. The highest BCUT2D eigenvalue weighted by atomic mass is 19.1. The predicted octanol–water partition coefficient (Wildman–Crippen LogP) is 1.78. The first-order valence-corrected chi connectivity index (χ1v) is 7.11. The van der Waals surface area contributed by atoms with Crippen molar-refractivity contribution in [2.75, 3.05) is 18.0 Å². The van der Waals surface area contributed by atoms with Crippen molar-refractivity contribution >= 4 is 5.82 Å². The van der Waals surface area contributed by atoms with Crippen LogP contribution in [0.15, 0.2) is 6.33 Å². The van der Waals surface area contributed by atoms with Gasteiger partial charge in [-0.25, -0.2) is 14.4 Å². The lowest BCUT2D eigenvalue weighted by Crippen LogP contribution is -2.26. The summed E-state index contributed by atoms with van der Waals surface area (Å²) in [7, 11) is 0. The third kappa shape index (κ3) is 2.31.